The lowest BCUT2D eigenvalue weighted by Crippen LogP contribution is -2.40. The summed E-state index contributed by atoms with van der Waals surface area (Å²) >= 11 is 0. The van der Waals surface area contributed by atoms with Gasteiger partial charge in [0.1, 0.15) is 0 Å². The number of piperidine rings is 1. The molecule has 1 N–H and O–H groups in total. The first-order valence-corrected chi connectivity index (χ1v) is 5.98. The van der Waals surface area contributed by atoms with Crippen LogP contribution in [-0.2, 0) is 0 Å². The fourth-order valence-corrected chi connectivity index (χ4v) is 2.62. The molecule has 2 atom stereocenters. The number of anilines is 1. The third-order valence-corrected chi connectivity index (χ3v) is 3.16. The Balaban J connectivity index is 2.33. The lowest BCUT2D eigenvalue weighted by Gasteiger charge is -2.35. The summed E-state index contributed by atoms with van der Waals surface area (Å²) in [5.74, 6) is 2.21. The number of nitrogens with zero attached hydrogens (tertiary/aromatic N) is 2. The van der Waals surface area contributed by atoms with Gasteiger partial charge >= 0.3 is 0 Å². The number of hydrogen-bond donors (Lipinski definition) is 1. The van der Waals surface area contributed by atoms with E-state index in [1.165, 1.54) is 19.9 Å². The van der Waals surface area contributed by atoms with Crippen molar-refractivity contribution in [2.45, 2.75) is 20.3 Å². The normalized spacial score (nSPS) is 24.8. The number of hydrogen-bond acceptors (Lipinski definition) is 4. The number of aromatic nitrogens is 2. The zero-order chi connectivity index (χ0) is 12.4. The third kappa shape index (κ3) is 2.43. The van der Waals surface area contributed by atoms with Gasteiger partial charge in [0.15, 0.2) is 5.82 Å². The highest BCUT2D eigenvalue weighted by Crippen LogP contribution is 2.28. The SMILES string of the molecule is COc1c(N2CC(C)CC(C)C2)nc[nH]c1=O. The number of H-pyrrole nitrogens is 1. The largest absolute Gasteiger partial charge is 0.489 e. The topological polar surface area (TPSA) is 58.2 Å². The van der Waals surface area contributed by atoms with Crippen molar-refractivity contribution in [3.8, 4) is 5.75 Å². The second-order valence-corrected chi connectivity index (χ2v) is 4.94. The number of methoxy groups -OCH3 is 1. The fraction of sp³-hybridized carbons (Fsp3) is 0.667. The van der Waals surface area contributed by atoms with Crippen LogP contribution in [0.3, 0.4) is 0 Å². The van der Waals surface area contributed by atoms with E-state index in [-0.39, 0.29) is 5.56 Å². The van der Waals surface area contributed by atoms with Crippen molar-refractivity contribution in [3.05, 3.63) is 16.7 Å². The molecule has 94 valence electrons. The van der Waals surface area contributed by atoms with Crippen molar-refractivity contribution in [1.82, 2.24) is 9.97 Å². The molecule has 0 spiro atoms. The highest BCUT2D eigenvalue weighted by molar-refractivity contribution is 5.51. The van der Waals surface area contributed by atoms with Gasteiger partial charge in [0.25, 0.3) is 5.56 Å². The minimum absolute atomic E-state index is 0.219. The molecule has 5 nitrogen and oxygen atoms in total. The van der Waals surface area contributed by atoms with Crippen LogP contribution >= 0.6 is 0 Å². The Morgan fingerprint density at radius 2 is 2.06 bits per heavy atom. The average molecular weight is 237 g/mol. The maximum absolute atomic E-state index is 11.6. The third-order valence-electron chi connectivity index (χ3n) is 3.16. The molecule has 2 heterocycles. The first-order chi connectivity index (χ1) is 8.11. The van der Waals surface area contributed by atoms with Crippen molar-refractivity contribution in [2.24, 2.45) is 11.8 Å². The standard InChI is InChI=1S/C12H19N3O2/c1-8-4-9(2)6-15(5-8)11-10(17-3)12(16)14-7-13-11/h7-9H,4-6H2,1-3H3,(H,13,14,16). The van der Waals surface area contributed by atoms with Crippen LogP contribution < -0.4 is 15.2 Å². The predicted molar refractivity (Wildman–Crippen MR) is 66.6 cm³/mol. The number of nitrogens with one attached hydrogen (secondary N) is 1. The van der Waals surface area contributed by atoms with Crippen LogP contribution in [0.2, 0.25) is 0 Å². The lowest BCUT2D eigenvalue weighted by molar-refractivity contribution is 0.348. The van der Waals surface area contributed by atoms with Crippen LogP contribution in [0.15, 0.2) is 11.1 Å². The van der Waals surface area contributed by atoms with Gasteiger partial charge in [-0.3, -0.25) is 4.79 Å². The Kier molecular flexibility index (Phi) is 3.36. The predicted octanol–water partition coefficient (Wildman–Crippen LogP) is 1.26. The van der Waals surface area contributed by atoms with Gasteiger partial charge in [0.2, 0.25) is 5.75 Å². The van der Waals surface area contributed by atoms with Crippen LogP contribution in [0.4, 0.5) is 5.82 Å². The number of ether oxygens (including phenoxy) is 1. The van der Waals surface area contributed by atoms with Gasteiger partial charge in [0, 0.05) is 13.1 Å². The summed E-state index contributed by atoms with van der Waals surface area (Å²) in [6.45, 7) is 6.30. The maximum Gasteiger partial charge on any atom is 0.295 e. The highest BCUT2D eigenvalue weighted by atomic mass is 16.5. The van der Waals surface area contributed by atoms with Gasteiger partial charge in [-0.15, -0.1) is 0 Å². The summed E-state index contributed by atoms with van der Waals surface area (Å²) in [5.41, 5.74) is -0.219. The van der Waals surface area contributed by atoms with E-state index in [9.17, 15) is 4.79 Å². The van der Waals surface area contributed by atoms with Gasteiger partial charge in [-0.2, -0.15) is 0 Å². The Bertz CT molecular complexity index is 434. The smallest absolute Gasteiger partial charge is 0.295 e. The monoisotopic (exact) mass is 237 g/mol. The lowest BCUT2D eigenvalue weighted by atomic mass is 9.92. The van der Waals surface area contributed by atoms with E-state index in [1.54, 1.807) is 0 Å². The first-order valence-electron chi connectivity index (χ1n) is 5.98. The molecule has 17 heavy (non-hydrogen) atoms. The molecule has 1 aliphatic heterocycles. The first kappa shape index (κ1) is 12.0. The molecule has 5 heteroatoms. The van der Waals surface area contributed by atoms with Crippen molar-refractivity contribution in [2.75, 3.05) is 25.1 Å². The second kappa shape index (κ2) is 4.77. The summed E-state index contributed by atoms with van der Waals surface area (Å²) in [6, 6.07) is 0. The van der Waals surface area contributed by atoms with Crippen molar-refractivity contribution in [3.63, 3.8) is 0 Å². The van der Waals surface area contributed by atoms with E-state index < -0.39 is 0 Å². The molecule has 1 aliphatic rings. The molecule has 0 bridgehead atoms. The Morgan fingerprint density at radius 1 is 1.41 bits per heavy atom. The van der Waals surface area contributed by atoms with Crippen LogP contribution in [-0.4, -0.2) is 30.2 Å². The molecular formula is C12H19N3O2. The molecule has 0 saturated carbocycles. The molecule has 0 aliphatic carbocycles. The molecule has 1 saturated heterocycles. The Hall–Kier alpha value is -1.52. The van der Waals surface area contributed by atoms with Crippen LogP contribution in [0, 0.1) is 11.8 Å². The molecule has 1 aromatic heterocycles. The average Bonchev–Trinajstić information content (AvgIpc) is 2.27. The van der Waals surface area contributed by atoms with Gasteiger partial charge in [-0.1, -0.05) is 13.8 Å². The molecule has 0 radical (unpaired) electrons. The van der Waals surface area contributed by atoms with Gasteiger partial charge in [-0.05, 0) is 18.3 Å². The zero-order valence-electron chi connectivity index (χ0n) is 10.6. The molecule has 2 unspecified atom stereocenters. The van der Waals surface area contributed by atoms with Crippen LogP contribution in [0.1, 0.15) is 20.3 Å². The Labute approximate surface area is 101 Å². The molecule has 0 amide bonds. The maximum atomic E-state index is 11.6. The highest BCUT2D eigenvalue weighted by Gasteiger charge is 2.25. The summed E-state index contributed by atoms with van der Waals surface area (Å²) in [6.07, 6.45) is 2.66. The number of rotatable bonds is 2. The van der Waals surface area contributed by atoms with E-state index >= 15 is 0 Å². The quantitative estimate of drug-likeness (QED) is 0.841. The van der Waals surface area contributed by atoms with E-state index in [4.69, 9.17) is 4.74 Å². The fourth-order valence-electron chi connectivity index (χ4n) is 2.62. The van der Waals surface area contributed by atoms with Crippen molar-refractivity contribution < 1.29 is 4.74 Å². The zero-order valence-corrected chi connectivity index (χ0v) is 10.6. The molecule has 1 fully saturated rings. The Morgan fingerprint density at radius 3 is 2.65 bits per heavy atom. The van der Waals surface area contributed by atoms with Crippen molar-refractivity contribution >= 4 is 5.82 Å². The molecule has 2 rings (SSSR count). The summed E-state index contributed by atoms with van der Waals surface area (Å²) < 4.78 is 5.15. The number of aromatic amines is 1. The minimum Gasteiger partial charge on any atom is -0.489 e. The molecule has 1 aromatic rings. The summed E-state index contributed by atoms with van der Waals surface area (Å²) in [7, 11) is 1.51. The van der Waals surface area contributed by atoms with E-state index in [2.05, 4.69) is 28.7 Å². The van der Waals surface area contributed by atoms with Gasteiger partial charge < -0.3 is 14.6 Å². The van der Waals surface area contributed by atoms with Gasteiger partial charge in [0.05, 0.1) is 13.4 Å². The minimum atomic E-state index is -0.219. The summed E-state index contributed by atoms with van der Waals surface area (Å²) in [5, 5.41) is 0. The molecule has 0 aromatic carbocycles. The van der Waals surface area contributed by atoms with Crippen LogP contribution in [0.5, 0.6) is 5.75 Å². The molecular weight excluding hydrogens is 218 g/mol. The van der Waals surface area contributed by atoms with Crippen LogP contribution in [0.25, 0.3) is 0 Å². The van der Waals surface area contributed by atoms with E-state index in [0.29, 0.717) is 23.4 Å². The van der Waals surface area contributed by atoms with Crippen molar-refractivity contribution in [1.29, 1.82) is 0 Å². The second-order valence-electron chi connectivity index (χ2n) is 4.94. The van der Waals surface area contributed by atoms with E-state index in [0.717, 1.165) is 13.1 Å². The van der Waals surface area contributed by atoms with E-state index in [1.807, 2.05) is 0 Å². The van der Waals surface area contributed by atoms with Gasteiger partial charge in [-0.25, -0.2) is 4.98 Å². The summed E-state index contributed by atoms with van der Waals surface area (Å²) in [4.78, 5) is 20.6.